The van der Waals surface area contributed by atoms with E-state index in [2.05, 4.69) is 62.3 Å². The van der Waals surface area contributed by atoms with Crippen LogP contribution in [0.15, 0.2) is 0 Å². The summed E-state index contributed by atoms with van der Waals surface area (Å²) in [6.07, 6.45) is 45.0. The van der Waals surface area contributed by atoms with Crippen molar-refractivity contribution in [2.75, 3.05) is 0 Å². The number of hydrogen-bond acceptors (Lipinski definition) is 1. The van der Waals surface area contributed by atoms with Crippen LogP contribution in [0.2, 0.25) is 0 Å². The maximum Gasteiger partial charge on any atom is 0.217 e. The number of carbonyl (C=O) groups is 1. The Balaban J connectivity index is 0. The van der Waals surface area contributed by atoms with Crippen molar-refractivity contribution >= 4 is 5.91 Å². The van der Waals surface area contributed by atoms with Gasteiger partial charge in [0.15, 0.2) is 0 Å². The van der Waals surface area contributed by atoms with E-state index in [1.54, 1.807) is 0 Å². The average molecular weight is 692 g/mol. The third kappa shape index (κ3) is 45.4. The molecule has 0 saturated carbocycles. The van der Waals surface area contributed by atoms with Gasteiger partial charge in [0.05, 0.1) is 0 Å². The lowest BCUT2D eigenvalue weighted by Crippen LogP contribution is -2.22. The summed E-state index contributed by atoms with van der Waals surface area (Å²) in [6, 6.07) is 0. The minimum Gasteiger partial charge on any atom is -0.370 e. The molecule has 0 aromatic heterocycles. The molecule has 296 valence electrons. The van der Waals surface area contributed by atoms with Gasteiger partial charge < -0.3 is 5.73 Å². The number of amides is 1. The third-order valence-electron chi connectivity index (χ3n) is 10.4. The quantitative estimate of drug-likeness (QED) is 0.0661. The Morgan fingerprint density at radius 3 is 0.959 bits per heavy atom. The number of carbonyl (C=O) groups excluding carboxylic acids is 1. The van der Waals surface area contributed by atoms with Crippen LogP contribution in [0.5, 0.6) is 0 Å². The van der Waals surface area contributed by atoms with E-state index in [4.69, 9.17) is 5.73 Å². The van der Waals surface area contributed by atoms with Gasteiger partial charge in [0, 0.05) is 6.42 Å². The van der Waals surface area contributed by atoms with Gasteiger partial charge in [-0.2, -0.15) is 0 Å². The van der Waals surface area contributed by atoms with Crippen molar-refractivity contribution in [3.63, 3.8) is 0 Å². The number of nitrogens with two attached hydrogens (primary N) is 1. The predicted octanol–water partition coefficient (Wildman–Crippen LogP) is 16.7. The van der Waals surface area contributed by atoms with Crippen LogP contribution < -0.4 is 5.73 Å². The molecule has 0 atom stereocenters. The van der Waals surface area contributed by atoms with Crippen LogP contribution >= 0.6 is 0 Å². The minimum absolute atomic E-state index is 0.0965. The first kappa shape index (κ1) is 50.6. The monoisotopic (exact) mass is 692 g/mol. The van der Waals surface area contributed by atoms with Gasteiger partial charge in [-0.3, -0.25) is 4.79 Å². The number of rotatable bonds is 35. The van der Waals surface area contributed by atoms with Gasteiger partial charge in [-0.15, -0.1) is 0 Å². The van der Waals surface area contributed by atoms with Gasteiger partial charge in [0.1, 0.15) is 0 Å². The molecule has 0 fully saturated rings. The Morgan fingerprint density at radius 1 is 0.469 bits per heavy atom. The van der Waals surface area contributed by atoms with Gasteiger partial charge in [-0.05, 0) is 48.3 Å². The second-order valence-electron chi connectivity index (χ2n) is 18.8. The van der Waals surface area contributed by atoms with E-state index in [0.29, 0.717) is 23.2 Å². The van der Waals surface area contributed by atoms with Crippen LogP contribution in [0.25, 0.3) is 0 Å². The van der Waals surface area contributed by atoms with Gasteiger partial charge >= 0.3 is 0 Å². The van der Waals surface area contributed by atoms with Crippen LogP contribution in [0.1, 0.15) is 274 Å². The SMILES string of the molecule is CC(C)CC(C)(C)CC(C)(C)C.CCCCCCCCCCCCCCCCC(CCCCCCCCCCCCCCCC)CC(N)=O. The summed E-state index contributed by atoms with van der Waals surface area (Å²) >= 11 is 0. The summed E-state index contributed by atoms with van der Waals surface area (Å²) in [5.74, 6) is 1.26. The Morgan fingerprint density at radius 2 is 0.735 bits per heavy atom. The first-order valence-corrected chi connectivity index (χ1v) is 22.6. The number of hydrogen-bond donors (Lipinski definition) is 1. The molecule has 1 amide bonds. The molecule has 0 unspecified atom stereocenters. The molecule has 0 aliphatic carbocycles. The van der Waals surface area contributed by atoms with Crippen molar-refractivity contribution < 1.29 is 4.79 Å². The zero-order chi connectivity index (χ0) is 37.1. The normalized spacial score (nSPS) is 12.1. The second kappa shape index (κ2) is 35.9. The highest BCUT2D eigenvalue weighted by molar-refractivity contribution is 5.73. The molecule has 0 aromatic carbocycles. The Bertz CT molecular complexity index is 627. The first-order valence-electron chi connectivity index (χ1n) is 22.6. The van der Waals surface area contributed by atoms with Crippen molar-refractivity contribution in [3.8, 4) is 0 Å². The molecule has 2 nitrogen and oxygen atoms in total. The fourth-order valence-corrected chi connectivity index (χ4v) is 8.50. The third-order valence-corrected chi connectivity index (χ3v) is 10.4. The Labute approximate surface area is 312 Å². The highest BCUT2D eigenvalue weighted by Crippen LogP contribution is 2.37. The summed E-state index contributed by atoms with van der Waals surface area (Å²) in [5.41, 5.74) is 6.53. The molecule has 0 spiro atoms. The molecule has 0 saturated heterocycles. The lowest BCUT2D eigenvalue weighted by molar-refractivity contribution is -0.119. The molecule has 0 bridgehead atoms. The van der Waals surface area contributed by atoms with Gasteiger partial charge in [0.25, 0.3) is 0 Å². The van der Waals surface area contributed by atoms with E-state index in [-0.39, 0.29) is 5.91 Å². The molecule has 2 N–H and O–H groups in total. The molecule has 0 rings (SSSR count). The van der Waals surface area contributed by atoms with Crippen molar-refractivity contribution in [3.05, 3.63) is 0 Å². The Hall–Kier alpha value is -0.530. The van der Waals surface area contributed by atoms with E-state index in [9.17, 15) is 4.79 Å². The minimum atomic E-state index is -0.0965. The molecule has 2 heteroatoms. The number of primary amides is 1. The number of unbranched alkanes of at least 4 members (excludes halogenated alkanes) is 26. The van der Waals surface area contributed by atoms with Gasteiger partial charge in [-0.25, -0.2) is 0 Å². The standard InChI is InChI=1S/C35H71NO.C12H26/c1-3-5-7-9-11-13-15-17-19-21-23-25-27-29-31-34(33-35(36)37)32-30-28-26-24-22-20-18-16-14-12-10-8-6-4-2;1-10(2)8-12(6,7)9-11(3,4)5/h34H,3-33H2,1-2H3,(H2,36,37);10H,8-9H2,1-7H3. The van der Waals surface area contributed by atoms with Crippen LogP contribution in [0, 0.1) is 22.7 Å². The van der Waals surface area contributed by atoms with Crippen LogP contribution in [-0.4, -0.2) is 5.91 Å². The fraction of sp³-hybridized carbons (Fsp3) is 0.979. The lowest BCUT2D eigenvalue weighted by atomic mass is 9.72. The van der Waals surface area contributed by atoms with E-state index in [1.165, 1.54) is 205 Å². The molecule has 49 heavy (non-hydrogen) atoms. The van der Waals surface area contributed by atoms with Gasteiger partial charge in [0.2, 0.25) is 5.91 Å². The predicted molar refractivity (Wildman–Crippen MR) is 224 cm³/mol. The Kier molecular flexibility index (Phi) is 37.0. The zero-order valence-corrected chi connectivity index (χ0v) is 36.0. The van der Waals surface area contributed by atoms with E-state index in [0.717, 1.165) is 5.92 Å². The van der Waals surface area contributed by atoms with Crippen molar-refractivity contribution in [2.24, 2.45) is 28.4 Å². The smallest absolute Gasteiger partial charge is 0.217 e. The molecule has 0 aliphatic rings. The highest BCUT2D eigenvalue weighted by Gasteiger charge is 2.25. The van der Waals surface area contributed by atoms with Crippen LogP contribution in [-0.2, 0) is 4.79 Å². The molecule has 0 radical (unpaired) electrons. The largest absolute Gasteiger partial charge is 0.370 e. The van der Waals surface area contributed by atoms with Crippen LogP contribution in [0.3, 0.4) is 0 Å². The van der Waals surface area contributed by atoms with Crippen LogP contribution in [0.4, 0.5) is 0 Å². The zero-order valence-electron chi connectivity index (χ0n) is 36.0. The van der Waals surface area contributed by atoms with Crippen molar-refractivity contribution in [2.45, 2.75) is 274 Å². The van der Waals surface area contributed by atoms with E-state index in [1.807, 2.05) is 0 Å². The van der Waals surface area contributed by atoms with Crippen molar-refractivity contribution in [1.82, 2.24) is 0 Å². The van der Waals surface area contributed by atoms with E-state index >= 15 is 0 Å². The maximum absolute atomic E-state index is 11.5. The fourth-order valence-electron chi connectivity index (χ4n) is 8.50. The highest BCUT2D eigenvalue weighted by atomic mass is 16.1. The molecular formula is C47H97NO. The summed E-state index contributed by atoms with van der Waals surface area (Å²) < 4.78 is 0. The lowest BCUT2D eigenvalue weighted by Gasteiger charge is -2.33. The molecule has 0 aliphatic heterocycles. The summed E-state index contributed by atoms with van der Waals surface area (Å²) in [7, 11) is 0. The second-order valence-corrected chi connectivity index (χ2v) is 18.8. The average Bonchev–Trinajstić information content (AvgIpc) is 2.99. The molecule has 0 heterocycles. The van der Waals surface area contributed by atoms with Gasteiger partial charge in [-0.1, -0.05) is 242 Å². The molecular weight excluding hydrogens is 595 g/mol. The summed E-state index contributed by atoms with van der Waals surface area (Å²) in [5, 5.41) is 0. The topological polar surface area (TPSA) is 43.1 Å². The summed E-state index contributed by atoms with van der Waals surface area (Å²) in [6.45, 7) is 21.0. The molecule has 0 aromatic rings. The van der Waals surface area contributed by atoms with Crippen molar-refractivity contribution in [1.29, 1.82) is 0 Å². The summed E-state index contributed by atoms with van der Waals surface area (Å²) in [4.78, 5) is 11.5. The van der Waals surface area contributed by atoms with E-state index < -0.39 is 0 Å². The first-order chi connectivity index (χ1) is 23.3. The maximum atomic E-state index is 11.5.